The van der Waals surface area contributed by atoms with Crippen molar-refractivity contribution < 1.29 is 18.5 Å². The van der Waals surface area contributed by atoms with Crippen LogP contribution in [0.4, 0.5) is 5.69 Å². The van der Waals surface area contributed by atoms with E-state index in [0.717, 1.165) is 55.7 Å². The standard InChI is InChI=1S/C24H26N4O4S/c1-32-24(30)19-16-17-6-4-8-20(22(17)25-19)27-14-12-26(13-15-27)10-5-11-28-23(29)18-7-2-3-9-21(18)33(28)31/h2-4,6-9,16,25H,5,10-15H2,1H3. The third kappa shape index (κ3) is 4.02. The van der Waals surface area contributed by atoms with Gasteiger partial charge in [0.25, 0.3) is 5.91 Å². The maximum absolute atomic E-state index is 12.6. The van der Waals surface area contributed by atoms with Crippen LogP contribution in [0.25, 0.3) is 10.9 Å². The highest BCUT2D eigenvalue weighted by atomic mass is 32.2. The van der Waals surface area contributed by atoms with Crippen LogP contribution in [-0.4, -0.2) is 76.7 Å². The van der Waals surface area contributed by atoms with E-state index in [0.29, 0.717) is 22.7 Å². The third-order valence-corrected chi connectivity index (χ3v) is 7.80. The maximum atomic E-state index is 12.6. The number of fused-ring (bicyclic) bond motifs is 2. The minimum absolute atomic E-state index is 0.140. The van der Waals surface area contributed by atoms with Gasteiger partial charge in [-0.2, -0.15) is 0 Å². The van der Waals surface area contributed by atoms with E-state index >= 15 is 0 Å². The molecule has 0 bridgehead atoms. The number of carbonyl (C=O) groups excluding carboxylic acids is 2. The predicted octanol–water partition coefficient (Wildman–Crippen LogP) is 2.65. The van der Waals surface area contributed by atoms with Crippen LogP contribution in [0, 0.1) is 0 Å². The molecule has 9 heteroatoms. The zero-order valence-electron chi connectivity index (χ0n) is 18.5. The van der Waals surface area contributed by atoms with Crippen molar-refractivity contribution in [2.24, 2.45) is 0 Å². The van der Waals surface area contributed by atoms with E-state index in [1.54, 1.807) is 18.2 Å². The molecular formula is C24H26N4O4S. The highest BCUT2D eigenvalue weighted by molar-refractivity contribution is 7.84. The SMILES string of the molecule is COC(=O)c1cc2cccc(N3CCN(CCCN4C(=O)c5ccccc5S4=O)CC3)c2[nH]1. The molecule has 2 aromatic carbocycles. The molecule has 3 heterocycles. The van der Waals surface area contributed by atoms with Gasteiger partial charge in [0.15, 0.2) is 11.0 Å². The van der Waals surface area contributed by atoms with Gasteiger partial charge >= 0.3 is 5.97 Å². The van der Waals surface area contributed by atoms with Crippen LogP contribution < -0.4 is 4.90 Å². The number of H-pyrrole nitrogens is 1. The fourth-order valence-corrected chi connectivity index (χ4v) is 5.90. The molecule has 0 aliphatic carbocycles. The Morgan fingerprint density at radius 1 is 1.06 bits per heavy atom. The second-order valence-corrected chi connectivity index (χ2v) is 9.63. The average molecular weight is 467 g/mol. The highest BCUT2D eigenvalue weighted by Gasteiger charge is 2.33. The molecule has 33 heavy (non-hydrogen) atoms. The minimum atomic E-state index is -1.40. The van der Waals surface area contributed by atoms with Gasteiger partial charge in [0, 0.05) is 44.7 Å². The lowest BCUT2D eigenvalue weighted by Crippen LogP contribution is -2.47. The molecule has 1 amide bonds. The van der Waals surface area contributed by atoms with Crippen molar-refractivity contribution in [1.82, 2.24) is 14.2 Å². The number of aromatic nitrogens is 1. The van der Waals surface area contributed by atoms with Crippen LogP contribution in [0.5, 0.6) is 0 Å². The Balaban J connectivity index is 1.16. The topological polar surface area (TPSA) is 85.9 Å². The number of aromatic amines is 1. The van der Waals surface area contributed by atoms with Gasteiger partial charge in [0.05, 0.1) is 28.8 Å². The fourth-order valence-electron chi connectivity index (χ4n) is 4.58. The number of benzene rings is 2. The number of nitrogens with one attached hydrogen (secondary N) is 1. The number of nitrogens with zero attached hydrogens (tertiary/aromatic N) is 3. The van der Waals surface area contributed by atoms with Crippen molar-refractivity contribution in [3.05, 3.63) is 59.8 Å². The summed E-state index contributed by atoms with van der Waals surface area (Å²) in [6.45, 7) is 4.87. The zero-order chi connectivity index (χ0) is 22.9. The van der Waals surface area contributed by atoms with E-state index in [1.165, 1.54) is 11.4 Å². The van der Waals surface area contributed by atoms with Crippen LogP contribution >= 0.6 is 0 Å². The lowest BCUT2D eigenvalue weighted by molar-refractivity contribution is 0.0595. The largest absolute Gasteiger partial charge is 0.464 e. The second-order valence-electron chi connectivity index (χ2n) is 8.25. The van der Waals surface area contributed by atoms with Gasteiger partial charge in [0.1, 0.15) is 5.69 Å². The first-order valence-electron chi connectivity index (χ1n) is 11.1. The molecular weight excluding hydrogens is 440 g/mol. The Morgan fingerprint density at radius 3 is 2.61 bits per heavy atom. The molecule has 1 atom stereocenters. The zero-order valence-corrected chi connectivity index (χ0v) is 19.3. The van der Waals surface area contributed by atoms with Crippen LogP contribution in [0.3, 0.4) is 0 Å². The molecule has 2 aliphatic rings. The van der Waals surface area contributed by atoms with Crippen molar-refractivity contribution in [3.63, 3.8) is 0 Å². The summed E-state index contributed by atoms with van der Waals surface area (Å²) in [4.78, 5) is 33.0. The maximum Gasteiger partial charge on any atom is 0.354 e. The van der Waals surface area contributed by atoms with Crippen molar-refractivity contribution in [1.29, 1.82) is 0 Å². The first-order valence-corrected chi connectivity index (χ1v) is 12.2. The number of carbonyl (C=O) groups is 2. The molecule has 1 aromatic heterocycles. The van der Waals surface area contributed by atoms with Crippen molar-refractivity contribution in [2.75, 3.05) is 51.3 Å². The van der Waals surface area contributed by atoms with E-state index in [-0.39, 0.29) is 11.9 Å². The van der Waals surface area contributed by atoms with Crippen LogP contribution in [0.2, 0.25) is 0 Å². The van der Waals surface area contributed by atoms with Gasteiger partial charge < -0.3 is 14.6 Å². The van der Waals surface area contributed by atoms with Crippen molar-refractivity contribution in [3.8, 4) is 0 Å². The molecule has 1 fully saturated rings. The molecule has 0 radical (unpaired) electrons. The summed E-state index contributed by atoms with van der Waals surface area (Å²) >= 11 is 0. The monoisotopic (exact) mass is 466 g/mol. The van der Waals surface area contributed by atoms with Crippen LogP contribution in [-0.2, 0) is 15.7 Å². The lowest BCUT2D eigenvalue weighted by atomic mass is 10.2. The van der Waals surface area contributed by atoms with Gasteiger partial charge in [-0.25, -0.2) is 9.00 Å². The summed E-state index contributed by atoms with van der Waals surface area (Å²) in [7, 11) is -0.0188. The quantitative estimate of drug-likeness (QED) is 0.562. The number of rotatable bonds is 6. The predicted molar refractivity (Wildman–Crippen MR) is 127 cm³/mol. The molecule has 8 nitrogen and oxygen atoms in total. The normalized spacial score (nSPS) is 18.7. The van der Waals surface area contributed by atoms with Crippen LogP contribution in [0.15, 0.2) is 53.4 Å². The van der Waals surface area contributed by atoms with Crippen LogP contribution in [0.1, 0.15) is 27.3 Å². The number of hydrogen-bond acceptors (Lipinski definition) is 6. The molecule has 0 spiro atoms. The summed E-state index contributed by atoms with van der Waals surface area (Å²) in [5.74, 6) is -0.512. The number of ether oxygens (including phenoxy) is 1. The Hall–Kier alpha value is -3.17. The van der Waals surface area contributed by atoms with Gasteiger partial charge in [-0.05, 0) is 30.7 Å². The number of amides is 1. The molecule has 3 aromatic rings. The first-order chi connectivity index (χ1) is 16.1. The third-order valence-electron chi connectivity index (χ3n) is 6.32. The van der Waals surface area contributed by atoms with Gasteiger partial charge in [-0.15, -0.1) is 0 Å². The number of methoxy groups -OCH3 is 1. The summed E-state index contributed by atoms with van der Waals surface area (Å²) in [6.07, 6.45) is 0.778. The molecule has 2 aliphatic heterocycles. The molecule has 1 N–H and O–H groups in total. The molecule has 0 saturated carbocycles. The van der Waals surface area contributed by atoms with E-state index < -0.39 is 11.0 Å². The summed E-state index contributed by atoms with van der Waals surface area (Å²) in [6, 6.07) is 15.0. The Bertz CT molecular complexity index is 1200. The highest BCUT2D eigenvalue weighted by Crippen LogP contribution is 2.29. The first kappa shape index (κ1) is 21.7. The Kier molecular flexibility index (Phi) is 5.90. The fraction of sp³-hybridized carbons (Fsp3) is 0.333. The van der Waals surface area contributed by atoms with E-state index in [9.17, 15) is 13.8 Å². The van der Waals surface area contributed by atoms with E-state index in [1.807, 2.05) is 24.3 Å². The van der Waals surface area contributed by atoms with Crippen molar-refractivity contribution >= 4 is 39.5 Å². The number of para-hydroxylation sites is 1. The average Bonchev–Trinajstić information content (AvgIpc) is 3.39. The van der Waals surface area contributed by atoms with Gasteiger partial charge in [-0.3, -0.25) is 14.0 Å². The lowest BCUT2D eigenvalue weighted by Gasteiger charge is -2.36. The van der Waals surface area contributed by atoms with Crippen molar-refractivity contribution in [2.45, 2.75) is 11.3 Å². The number of anilines is 1. The number of esters is 1. The molecule has 5 rings (SSSR count). The summed E-state index contributed by atoms with van der Waals surface area (Å²) < 4.78 is 18.9. The molecule has 172 valence electrons. The molecule has 1 saturated heterocycles. The Labute approximate surface area is 194 Å². The number of hydrogen-bond donors (Lipinski definition) is 1. The Morgan fingerprint density at radius 2 is 1.85 bits per heavy atom. The summed E-state index contributed by atoms with van der Waals surface area (Å²) in [5, 5.41) is 0.986. The van der Waals surface area contributed by atoms with E-state index in [2.05, 4.69) is 20.9 Å². The minimum Gasteiger partial charge on any atom is -0.464 e. The van der Waals surface area contributed by atoms with Gasteiger partial charge in [-0.1, -0.05) is 24.3 Å². The number of piperazine rings is 1. The van der Waals surface area contributed by atoms with E-state index in [4.69, 9.17) is 4.74 Å². The molecule has 1 unspecified atom stereocenters. The van der Waals surface area contributed by atoms with Gasteiger partial charge in [0.2, 0.25) is 0 Å². The summed E-state index contributed by atoms with van der Waals surface area (Å²) in [5.41, 5.74) is 3.03. The second kappa shape index (κ2) is 8.99. The smallest absolute Gasteiger partial charge is 0.354 e.